The minimum absolute atomic E-state index is 0.117. The third-order valence-electron chi connectivity index (χ3n) is 5.58. The van der Waals surface area contributed by atoms with Crippen LogP contribution < -0.4 is 0 Å². The molecule has 0 unspecified atom stereocenters. The average Bonchev–Trinajstić information content (AvgIpc) is 3.34. The van der Waals surface area contributed by atoms with E-state index in [0.717, 1.165) is 47.7 Å². The number of nitrogens with zero attached hydrogens (tertiary/aromatic N) is 6. The van der Waals surface area contributed by atoms with Crippen molar-refractivity contribution in [2.24, 2.45) is 7.05 Å². The second kappa shape index (κ2) is 7.58. The van der Waals surface area contributed by atoms with Crippen LogP contribution in [0.3, 0.4) is 0 Å². The molecule has 4 rings (SSSR count). The predicted octanol–water partition coefficient (Wildman–Crippen LogP) is 2.70. The molecule has 1 amide bonds. The van der Waals surface area contributed by atoms with Crippen molar-refractivity contribution in [1.29, 1.82) is 0 Å². The number of rotatable bonds is 4. The van der Waals surface area contributed by atoms with Gasteiger partial charge < -0.3 is 14.0 Å². The highest BCUT2D eigenvalue weighted by atomic mass is 16.2. The van der Waals surface area contributed by atoms with Crippen LogP contribution in [0, 0.1) is 13.8 Å². The topological polar surface area (TPSA) is 68.8 Å². The van der Waals surface area contributed by atoms with Crippen molar-refractivity contribution in [2.45, 2.75) is 39.2 Å². The van der Waals surface area contributed by atoms with E-state index in [4.69, 9.17) is 0 Å². The molecular formula is C21H26N6O. The van der Waals surface area contributed by atoms with Gasteiger partial charge in [-0.1, -0.05) is 17.7 Å². The second-order valence-corrected chi connectivity index (χ2v) is 7.68. The van der Waals surface area contributed by atoms with Crippen LogP contribution in [0.15, 0.2) is 36.9 Å². The third kappa shape index (κ3) is 3.56. The molecule has 0 radical (unpaired) electrons. The van der Waals surface area contributed by atoms with E-state index in [1.165, 1.54) is 0 Å². The third-order valence-corrected chi connectivity index (χ3v) is 5.58. The van der Waals surface area contributed by atoms with Crippen LogP contribution in [0.4, 0.5) is 0 Å². The van der Waals surface area contributed by atoms with Crippen LogP contribution in [-0.2, 0) is 13.6 Å². The van der Waals surface area contributed by atoms with Gasteiger partial charge in [0.05, 0.1) is 12.9 Å². The number of imidazole rings is 1. The summed E-state index contributed by atoms with van der Waals surface area (Å²) in [5.41, 5.74) is 2.94. The van der Waals surface area contributed by atoms with Crippen LogP contribution in [0.5, 0.6) is 0 Å². The summed E-state index contributed by atoms with van der Waals surface area (Å²) in [6.45, 7) is 6.14. The lowest BCUT2D eigenvalue weighted by atomic mass is 9.95. The Morgan fingerprint density at radius 1 is 1.25 bits per heavy atom. The van der Waals surface area contributed by atoms with Crippen LogP contribution in [0.25, 0.3) is 0 Å². The largest absolute Gasteiger partial charge is 0.338 e. The SMILES string of the molecule is Cc1ccc(C)c(C(=O)N2CCC[C@@H](c3nnc(Cn4ccnc4)n3C)C2)c1. The van der Waals surface area contributed by atoms with Crippen LogP contribution >= 0.6 is 0 Å². The Morgan fingerprint density at radius 2 is 2.11 bits per heavy atom. The van der Waals surface area contributed by atoms with Crippen molar-refractivity contribution in [1.82, 2.24) is 29.2 Å². The maximum atomic E-state index is 13.1. The summed E-state index contributed by atoms with van der Waals surface area (Å²) in [4.78, 5) is 19.2. The summed E-state index contributed by atoms with van der Waals surface area (Å²) >= 11 is 0. The molecule has 0 saturated carbocycles. The molecule has 1 saturated heterocycles. The molecule has 0 bridgehead atoms. The minimum Gasteiger partial charge on any atom is -0.338 e. The molecule has 2 aromatic heterocycles. The highest BCUT2D eigenvalue weighted by Gasteiger charge is 2.29. The van der Waals surface area contributed by atoms with Gasteiger partial charge in [-0.05, 0) is 38.3 Å². The van der Waals surface area contributed by atoms with E-state index in [1.807, 2.05) is 54.8 Å². The van der Waals surface area contributed by atoms with Gasteiger partial charge in [-0.15, -0.1) is 10.2 Å². The van der Waals surface area contributed by atoms with E-state index < -0.39 is 0 Å². The molecule has 1 atom stereocenters. The summed E-state index contributed by atoms with van der Waals surface area (Å²) < 4.78 is 4.04. The van der Waals surface area contributed by atoms with Crippen molar-refractivity contribution < 1.29 is 4.79 Å². The number of hydrogen-bond donors (Lipinski definition) is 0. The van der Waals surface area contributed by atoms with Crippen LogP contribution in [0.2, 0.25) is 0 Å². The lowest BCUT2D eigenvalue weighted by Gasteiger charge is -2.32. The first kappa shape index (κ1) is 18.4. The minimum atomic E-state index is 0.117. The number of carbonyl (C=O) groups excluding carboxylic acids is 1. The Hall–Kier alpha value is -2.96. The van der Waals surface area contributed by atoms with Gasteiger partial charge in [-0.25, -0.2) is 4.98 Å². The van der Waals surface area contributed by atoms with E-state index in [0.29, 0.717) is 13.1 Å². The Bertz CT molecular complexity index is 975. The summed E-state index contributed by atoms with van der Waals surface area (Å²) in [5, 5.41) is 8.84. The smallest absolute Gasteiger partial charge is 0.254 e. The summed E-state index contributed by atoms with van der Waals surface area (Å²) in [6.07, 6.45) is 7.45. The van der Waals surface area contributed by atoms with Gasteiger partial charge in [0.1, 0.15) is 5.82 Å². The van der Waals surface area contributed by atoms with Gasteiger partial charge in [-0.2, -0.15) is 0 Å². The lowest BCUT2D eigenvalue weighted by Crippen LogP contribution is -2.40. The molecule has 28 heavy (non-hydrogen) atoms. The fourth-order valence-electron chi connectivity index (χ4n) is 3.92. The van der Waals surface area contributed by atoms with E-state index in [-0.39, 0.29) is 11.8 Å². The summed E-state index contributed by atoms with van der Waals surface area (Å²) in [6, 6.07) is 6.06. The van der Waals surface area contributed by atoms with Crippen molar-refractivity contribution in [2.75, 3.05) is 13.1 Å². The quantitative estimate of drug-likeness (QED) is 0.700. The molecule has 7 nitrogen and oxygen atoms in total. The van der Waals surface area contributed by atoms with Crippen molar-refractivity contribution in [3.8, 4) is 0 Å². The van der Waals surface area contributed by atoms with Gasteiger partial charge in [0, 0.05) is 44.0 Å². The summed E-state index contributed by atoms with van der Waals surface area (Å²) in [7, 11) is 2.01. The first-order chi connectivity index (χ1) is 13.5. The fraction of sp³-hybridized carbons (Fsp3) is 0.429. The Balaban J connectivity index is 1.52. The lowest BCUT2D eigenvalue weighted by molar-refractivity contribution is 0.0702. The number of carbonyl (C=O) groups is 1. The van der Waals surface area contributed by atoms with Gasteiger partial charge in [0.15, 0.2) is 5.82 Å². The second-order valence-electron chi connectivity index (χ2n) is 7.68. The molecule has 7 heteroatoms. The molecule has 3 heterocycles. The predicted molar refractivity (Wildman–Crippen MR) is 106 cm³/mol. The number of amides is 1. The Kier molecular flexibility index (Phi) is 4.98. The molecule has 1 aromatic carbocycles. The molecule has 1 aliphatic rings. The number of aromatic nitrogens is 5. The molecular weight excluding hydrogens is 352 g/mol. The van der Waals surface area contributed by atoms with Gasteiger partial charge in [0.2, 0.25) is 0 Å². The molecule has 0 spiro atoms. The number of benzene rings is 1. The zero-order valence-electron chi connectivity index (χ0n) is 16.7. The number of hydrogen-bond acceptors (Lipinski definition) is 4. The monoisotopic (exact) mass is 378 g/mol. The van der Waals surface area contributed by atoms with Gasteiger partial charge in [-0.3, -0.25) is 4.79 Å². The normalized spacial score (nSPS) is 17.1. The van der Waals surface area contributed by atoms with Crippen LogP contribution in [-0.4, -0.2) is 48.2 Å². The highest BCUT2D eigenvalue weighted by Crippen LogP contribution is 2.27. The highest BCUT2D eigenvalue weighted by molar-refractivity contribution is 5.96. The van der Waals surface area contributed by atoms with E-state index in [2.05, 4.69) is 19.7 Å². The average molecular weight is 378 g/mol. The molecule has 1 fully saturated rings. The first-order valence-electron chi connectivity index (χ1n) is 9.73. The van der Waals surface area contributed by atoms with Crippen molar-refractivity contribution >= 4 is 5.91 Å². The standard InChI is InChI=1S/C21H26N6O/c1-15-6-7-16(2)18(11-15)21(28)27-9-4-5-17(12-27)20-24-23-19(25(20)3)13-26-10-8-22-14-26/h6-8,10-11,14,17H,4-5,9,12-13H2,1-3H3/t17-/m1/s1. The first-order valence-corrected chi connectivity index (χ1v) is 9.73. The van der Waals surface area contributed by atoms with Crippen LogP contribution in [0.1, 0.15) is 51.9 Å². The number of aryl methyl sites for hydroxylation is 2. The number of piperidine rings is 1. The maximum absolute atomic E-state index is 13.1. The fourth-order valence-corrected chi connectivity index (χ4v) is 3.92. The van der Waals surface area contributed by atoms with E-state index >= 15 is 0 Å². The number of likely N-dealkylation sites (tertiary alicyclic amines) is 1. The molecule has 1 aliphatic heterocycles. The molecule has 0 N–H and O–H groups in total. The van der Waals surface area contributed by atoms with Gasteiger partial charge >= 0.3 is 0 Å². The van der Waals surface area contributed by atoms with E-state index in [1.54, 1.807) is 12.5 Å². The Labute approximate surface area is 165 Å². The van der Waals surface area contributed by atoms with Crippen molar-refractivity contribution in [3.05, 3.63) is 65.3 Å². The van der Waals surface area contributed by atoms with E-state index in [9.17, 15) is 4.79 Å². The Morgan fingerprint density at radius 3 is 2.89 bits per heavy atom. The summed E-state index contributed by atoms with van der Waals surface area (Å²) in [5.74, 6) is 2.17. The maximum Gasteiger partial charge on any atom is 0.254 e. The zero-order valence-corrected chi connectivity index (χ0v) is 16.7. The zero-order chi connectivity index (χ0) is 19.7. The molecule has 0 aliphatic carbocycles. The van der Waals surface area contributed by atoms with Gasteiger partial charge in [0.25, 0.3) is 5.91 Å². The van der Waals surface area contributed by atoms with Crippen molar-refractivity contribution in [3.63, 3.8) is 0 Å². The molecule has 3 aromatic rings. The molecule has 146 valence electrons.